The largest absolute Gasteiger partial charge is 0.486 e. The quantitative estimate of drug-likeness (QED) is 0.784. The molecule has 0 radical (unpaired) electrons. The van der Waals surface area contributed by atoms with Crippen molar-refractivity contribution in [1.82, 2.24) is 0 Å². The molecule has 2 aliphatic heterocycles. The molecule has 4 nitrogen and oxygen atoms in total. The second-order valence-corrected chi connectivity index (χ2v) is 5.58. The fourth-order valence-corrected chi connectivity index (χ4v) is 2.95. The summed E-state index contributed by atoms with van der Waals surface area (Å²) in [6.45, 7) is 2.41. The van der Waals surface area contributed by atoms with Crippen LogP contribution in [0.3, 0.4) is 0 Å². The SMILES string of the molecule is O=C(c1cc2c(cc1Br)OCCO2)C1CCOCC1. The van der Waals surface area contributed by atoms with Crippen LogP contribution in [0.4, 0.5) is 0 Å². The molecule has 19 heavy (non-hydrogen) atoms. The predicted octanol–water partition coefficient (Wildman–Crippen LogP) is 2.83. The van der Waals surface area contributed by atoms with Gasteiger partial charge in [0.1, 0.15) is 13.2 Å². The van der Waals surface area contributed by atoms with Crippen molar-refractivity contribution in [2.24, 2.45) is 5.92 Å². The van der Waals surface area contributed by atoms with Crippen molar-refractivity contribution in [2.45, 2.75) is 12.8 Å². The minimum absolute atomic E-state index is 0.0487. The molecule has 0 atom stereocenters. The number of hydrogen-bond donors (Lipinski definition) is 0. The number of Topliss-reactive ketones (excluding diaryl/α,β-unsaturated/α-hetero) is 1. The van der Waals surface area contributed by atoms with Crippen molar-refractivity contribution in [3.8, 4) is 11.5 Å². The van der Waals surface area contributed by atoms with E-state index < -0.39 is 0 Å². The summed E-state index contributed by atoms with van der Waals surface area (Å²) < 4.78 is 17.1. The molecule has 0 bridgehead atoms. The van der Waals surface area contributed by atoms with Crippen LogP contribution in [0.1, 0.15) is 23.2 Å². The lowest BCUT2D eigenvalue weighted by Gasteiger charge is -2.23. The van der Waals surface area contributed by atoms with Crippen LogP contribution >= 0.6 is 15.9 Å². The van der Waals surface area contributed by atoms with Gasteiger partial charge in [0.05, 0.1) is 0 Å². The second-order valence-electron chi connectivity index (χ2n) is 4.73. The Morgan fingerprint density at radius 2 is 1.68 bits per heavy atom. The summed E-state index contributed by atoms with van der Waals surface area (Å²) in [5.74, 6) is 1.56. The smallest absolute Gasteiger partial charge is 0.167 e. The molecule has 1 aromatic carbocycles. The van der Waals surface area contributed by atoms with Gasteiger partial charge in [-0.15, -0.1) is 0 Å². The zero-order valence-electron chi connectivity index (χ0n) is 10.5. The van der Waals surface area contributed by atoms with Crippen LogP contribution in [0.15, 0.2) is 16.6 Å². The lowest BCUT2D eigenvalue weighted by molar-refractivity contribution is 0.0544. The molecule has 102 valence electrons. The minimum atomic E-state index is 0.0487. The maximum Gasteiger partial charge on any atom is 0.167 e. The Hall–Kier alpha value is -1.07. The molecule has 2 aliphatic rings. The van der Waals surface area contributed by atoms with Gasteiger partial charge in [0, 0.05) is 29.2 Å². The van der Waals surface area contributed by atoms with E-state index in [1.54, 1.807) is 6.07 Å². The first-order valence-electron chi connectivity index (χ1n) is 6.47. The molecule has 0 spiro atoms. The van der Waals surface area contributed by atoms with E-state index in [1.807, 2.05) is 6.07 Å². The van der Waals surface area contributed by atoms with Crippen LogP contribution in [-0.4, -0.2) is 32.2 Å². The number of ketones is 1. The summed E-state index contributed by atoms with van der Waals surface area (Å²) >= 11 is 3.45. The van der Waals surface area contributed by atoms with Gasteiger partial charge in [-0.3, -0.25) is 4.79 Å². The Morgan fingerprint density at radius 3 is 2.37 bits per heavy atom. The summed E-state index contributed by atoms with van der Waals surface area (Å²) in [5, 5.41) is 0. The monoisotopic (exact) mass is 326 g/mol. The molecule has 3 rings (SSSR count). The molecule has 0 saturated carbocycles. The number of rotatable bonds is 2. The molecule has 1 saturated heterocycles. The van der Waals surface area contributed by atoms with Crippen LogP contribution in [0.2, 0.25) is 0 Å². The summed E-state index contributed by atoms with van der Waals surface area (Å²) in [5.41, 5.74) is 0.677. The Morgan fingerprint density at radius 1 is 1.05 bits per heavy atom. The fraction of sp³-hybridized carbons (Fsp3) is 0.500. The summed E-state index contributed by atoms with van der Waals surface area (Å²) in [6.07, 6.45) is 1.58. The average molecular weight is 327 g/mol. The topological polar surface area (TPSA) is 44.8 Å². The molecule has 0 aromatic heterocycles. The van der Waals surface area contributed by atoms with E-state index in [-0.39, 0.29) is 11.7 Å². The van der Waals surface area contributed by atoms with Gasteiger partial charge in [-0.05, 0) is 40.9 Å². The number of carbonyl (C=O) groups excluding carboxylic acids is 1. The first-order valence-corrected chi connectivity index (χ1v) is 7.26. The Bertz CT molecular complexity index is 494. The van der Waals surface area contributed by atoms with Crippen molar-refractivity contribution >= 4 is 21.7 Å². The van der Waals surface area contributed by atoms with Gasteiger partial charge in [-0.25, -0.2) is 0 Å². The maximum atomic E-state index is 12.5. The van der Waals surface area contributed by atoms with Crippen molar-refractivity contribution in [3.05, 3.63) is 22.2 Å². The normalized spacial score (nSPS) is 19.2. The highest BCUT2D eigenvalue weighted by Crippen LogP contribution is 2.37. The van der Waals surface area contributed by atoms with Gasteiger partial charge < -0.3 is 14.2 Å². The molecular formula is C14H15BrO4. The number of carbonyl (C=O) groups is 1. The lowest BCUT2D eigenvalue weighted by Crippen LogP contribution is -2.24. The predicted molar refractivity (Wildman–Crippen MR) is 73.0 cm³/mol. The molecular weight excluding hydrogens is 312 g/mol. The first kappa shape index (κ1) is 12.9. The third-order valence-electron chi connectivity index (χ3n) is 3.49. The molecule has 2 heterocycles. The standard InChI is InChI=1S/C14H15BrO4/c15-11-8-13-12(18-5-6-19-13)7-10(11)14(16)9-1-3-17-4-2-9/h7-9H,1-6H2. The van der Waals surface area contributed by atoms with Crippen LogP contribution in [-0.2, 0) is 4.74 Å². The zero-order chi connectivity index (χ0) is 13.2. The van der Waals surface area contributed by atoms with E-state index in [0.717, 1.165) is 17.3 Å². The average Bonchev–Trinajstić information content (AvgIpc) is 2.47. The highest BCUT2D eigenvalue weighted by Gasteiger charge is 2.26. The van der Waals surface area contributed by atoms with Crippen molar-refractivity contribution in [2.75, 3.05) is 26.4 Å². The molecule has 0 aliphatic carbocycles. The lowest BCUT2D eigenvalue weighted by atomic mass is 9.91. The Balaban J connectivity index is 1.89. The van der Waals surface area contributed by atoms with Gasteiger partial charge in [0.2, 0.25) is 0 Å². The fourth-order valence-electron chi connectivity index (χ4n) is 2.43. The molecule has 5 heteroatoms. The number of halogens is 1. The third kappa shape index (κ3) is 2.62. The Labute approximate surface area is 120 Å². The van der Waals surface area contributed by atoms with Crippen molar-refractivity contribution in [3.63, 3.8) is 0 Å². The van der Waals surface area contributed by atoms with Crippen LogP contribution in [0.25, 0.3) is 0 Å². The Kier molecular flexibility index (Phi) is 3.75. The molecule has 0 N–H and O–H groups in total. The van der Waals surface area contributed by atoms with E-state index in [2.05, 4.69) is 15.9 Å². The highest BCUT2D eigenvalue weighted by molar-refractivity contribution is 9.10. The maximum absolute atomic E-state index is 12.5. The number of ether oxygens (including phenoxy) is 3. The van der Waals surface area contributed by atoms with E-state index in [9.17, 15) is 4.79 Å². The van der Waals surface area contributed by atoms with Crippen molar-refractivity contribution in [1.29, 1.82) is 0 Å². The van der Waals surface area contributed by atoms with Gasteiger partial charge in [-0.2, -0.15) is 0 Å². The van der Waals surface area contributed by atoms with Gasteiger partial charge in [0.15, 0.2) is 17.3 Å². The van der Waals surface area contributed by atoms with Gasteiger partial charge in [0.25, 0.3) is 0 Å². The summed E-state index contributed by atoms with van der Waals surface area (Å²) in [7, 11) is 0. The number of hydrogen-bond acceptors (Lipinski definition) is 4. The van der Waals surface area contributed by atoms with Gasteiger partial charge >= 0.3 is 0 Å². The molecule has 0 amide bonds. The van der Waals surface area contributed by atoms with Crippen LogP contribution in [0, 0.1) is 5.92 Å². The van der Waals surface area contributed by atoms with Crippen LogP contribution in [0.5, 0.6) is 11.5 Å². The van der Waals surface area contributed by atoms with Gasteiger partial charge in [-0.1, -0.05) is 0 Å². The van der Waals surface area contributed by atoms with Crippen LogP contribution < -0.4 is 9.47 Å². The first-order chi connectivity index (χ1) is 9.25. The van der Waals surface area contributed by atoms with E-state index in [1.165, 1.54) is 0 Å². The third-order valence-corrected chi connectivity index (χ3v) is 4.15. The summed E-state index contributed by atoms with van der Waals surface area (Å²) in [6, 6.07) is 3.61. The van der Waals surface area contributed by atoms with E-state index in [0.29, 0.717) is 43.5 Å². The highest BCUT2D eigenvalue weighted by atomic mass is 79.9. The van der Waals surface area contributed by atoms with E-state index >= 15 is 0 Å². The van der Waals surface area contributed by atoms with Crippen molar-refractivity contribution < 1.29 is 19.0 Å². The number of benzene rings is 1. The molecule has 1 aromatic rings. The molecule has 0 unspecified atom stereocenters. The molecule has 1 fully saturated rings. The number of fused-ring (bicyclic) bond motifs is 1. The zero-order valence-corrected chi connectivity index (χ0v) is 12.1. The minimum Gasteiger partial charge on any atom is -0.486 e. The second kappa shape index (κ2) is 5.51. The summed E-state index contributed by atoms with van der Waals surface area (Å²) in [4.78, 5) is 12.5. The van der Waals surface area contributed by atoms with E-state index in [4.69, 9.17) is 14.2 Å².